The summed E-state index contributed by atoms with van der Waals surface area (Å²) in [5, 5.41) is 25.2. The molecule has 2 heterocycles. The molecule has 0 aliphatic carbocycles. The molecule has 1 amide bonds. The number of benzene rings is 2. The number of amides is 1. The number of rotatable bonds is 9. The minimum Gasteiger partial charge on any atom is -0.480 e. The van der Waals surface area contributed by atoms with Gasteiger partial charge in [0.05, 0.1) is 12.3 Å². The fourth-order valence-corrected chi connectivity index (χ4v) is 3.93. The maximum atomic E-state index is 12.4. The number of nitrogens with one attached hydrogen (secondary N) is 2. The highest BCUT2D eigenvalue weighted by Gasteiger charge is 2.22. The van der Waals surface area contributed by atoms with Crippen LogP contribution in [0.5, 0.6) is 0 Å². The second kappa shape index (κ2) is 9.43. The number of carbonyl (C=O) groups is 2. The Kier molecular flexibility index (Phi) is 6.27. The number of nitrogens with zero attached hydrogens (tertiary/aromatic N) is 4. The van der Waals surface area contributed by atoms with Crippen LogP contribution >= 0.6 is 11.8 Å². The van der Waals surface area contributed by atoms with E-state index in [9.17, 15) is 14.7 Å². The van der Waals surface area contributed by atoms with Crippen molar-refractivity contribution in [3.63, 3.8) is 0 Å². The Morgan fingerprint density at radius 2 is 1.90 bits per heavy atom. The molecule has 0 bridgehead atoms. The molecule has 1 atom stereocenters. The first-order chi connectivity index (χ1) is 15.1. The molecule has 158 valence electrons. The molecule has 2 aromatic carbocycles. The average Bonchev–Trinajstić information content (AvgIpc) is 3.39. The van der Waals surface area contributed by atoms with Crippen LogP contribution in [0.25, 0.3) is 10.9 Å². The number of hydrogen-bond donors (Lipinski definition) is 3. The van der Waals surface area contributed by atoms with Gasteiger partial charge in [0, 0.05) is 23.5 Å². The van der Waals surface area contributed by atoms with E-state index in [4.69, 9.17) is 0 Å². The number of fused-ring (bicyclic) bond motifs is 1. The standard InChI is InChI=1S/C21H20N6O3S/c28-19(13-31-21-24-25-26-27(21)12-14-6-2-1-3-7-14)23-18(20(29)30)10-15-11-22-17-9-5-4-8-16(15)17/h1-9,11,18,22H,10,12-13H2,(H,23,28)(H,29,30)/t18-/m1/s1. The fraction of sp³-hybridized carbons (Fsp3) is 0.190. The van der Waals surface area contributed by atoms with Gasteiger partial charge >= 0.3 is 5.97 Å². The third kappa shape index (κ3) is 5.10. The topological polar surface area (TPSA) is 126 Å². The monoisotopic (exact) mass is 436 g/mol. The number of tetrazole rings is 1. The number of carbonyl (C=O) groups excluding carboxylic acids is 1. The third-order valence-corrected chi connectivity index (χ3v) is 5.70. The van der Waals surface area contributed by atoms with Crippen LogP contribution in [0.15, 0.2) is 66.0 Å². The largest absolute Gasteiger partial charge is 0.480 e. The molecule has 0 aliphatic rings. The summed E-state index contributed by atoms with van der Waals surface area (Å²) in [6.07, 6.45) is 1.96. The van der Waals surface area contributed by atoms with E-state index < -0.39 is 17.9 Å². The molecule has 9 nitrogen and oxygen atoms in total. The van der Waals surface area contributed by atoms with E-state index in [1.54, 1.807) is 10.9 Å². The van der Waals surface area contributed by atoms with Crippen LogP contribution in [-0.4, -0.2) is 54.0 Å². The average molecular weight is 436 g/mol. The molecule has 0 fully saturated rings. The Bertz CT molecular complexity index is 1190. The van der Waals surface area contributed by atoms with Crippen molar-refractivity contribution < 1.29 is 14.7 Å². The first-order valence-corrected chi connectivity index (χ1v) is 10.6. The molecule has 0 saturated heterocycles. The van der Waals surface area contributed by atoms with Crippen molar-refractivity contribution in [1.82, 2.24) is 30.5 Å². The number of H-pyrrole nitrogens is 1. The normalized spacial score (nSPS) is 12.0. The van der Waals surface area contributed by atoms with E-state index in [2.05, 4.69) is 25.8 Å². The molecular weight excluding hydrogens is 416 g/mol. The lowest BCUT2D eigenvalue weighted by Gasteiger charge is -2.14. The number of thioether (sulfide) groups is 1. The van der Waals surface area contributed by atoms with Gasteiger partial charge < -0.3 is 15.4 Å². The maximum Gasteiger partial charge on any atom is 0.326 e. The number of para-hydroxylation sites is 1. The van der Waals surface area contributed by atoms with Crippen LogP contribution in [0.1, 0.15) is 11.1 Å². The molecule has 0 aliphatic heterocycles. The van der Waals surface area contributed by atoms with Gasteiger partial charge in [-0.15, -0.1) is 5.10 Å². The number of aromatic nitrogens is 5. The van der Waals surface area contributed by atoms with E-state index in [1.807, 2.05) is 54.6 Å². The van der Waals surface area contributed by atoms with Gasteiger partial charge in [-0.2, -0.15) is 0 Å². The van der Waals surface area contributed by atoms with E-state index in [-0.39, 0.29) is 12.2 Å². The molecule has 3 N–H and O–H groups in total. The molecule has 2 aromatic heterocycles. The third-order valence-electron chi connectivity index (χ3n) is 4.74. The van der Waals surface area contributed by atoms with Crippen LogP contribution in [0.3, 0.4) is 0 Å². The summed E-state index contributed by atoms with van der Waals surface area (Å²) in [6, 6.07) is 16.3. The molecule has 10 heteroatoms. The zero-order chi connectivity index (χ0) is 21.6. The van der Waals surface area contributed by atoms with Gasteiger partial charge in [0.15, 0.2) is 0 Å². The highest BCUT2D eigenvalue weighted by Crippen LogP contribution is 2.19. The smallest absolute Gasteiger partial charge is 0.326 e. The summed E-state index contributed by atoms with van der Waals surface area (Å²) in [4.78, 5) is 27.3. The summed E-state index contributed by atoms with van der Waals surface area (Å²) in [5.74, 6) is -1.48. The van der Waals surface area contributed by atoms with Gasteiger partial charge in [0.2, 0.25) is 11.1 Å². The van der Waals surface area contributed by atoms with Crippen LogP contribution in [0.4, 0.5) is 0 Å². The highest BCUT2D eigenvalue weighted by atomic mass is 32.2. The molecule has 0 spiro atoms. The first-order valence-electron chi connectivity index (χ1n) is 9.60. The summed E-state index contributed by atoms with van der Waals surface area (Å²) in [6.45, 7) is 0.482. The second-order valence-corrected chi connectivity index (χ2v) is 7.86. The molecule has 0 unspecified atom stereocenters. The Labute approximate surface area is 181 Å². The lowest BCUT2D eigenvalue weighted by atomic mass is 10.1. The summed E-state index contributed by atoms with van der Waals surface area (Å²) in [7, 11) is 0. The van der Waals surface area contributed by atoms with Crippen molar-refractivity contribution in [3.05, 3.63) is 71.9 Å². The zero-order valence-electron chi connectivity index (χ0n) is 16.4. The zero-order valence-corrected chi connectivity index (χ0v) is 17.2. The summed E-state index contributed by atoms with van der Waals surface area (Å²) >= 11 is 1.16. The highest BCUT2D eigenvalue weighted by molar-refractivity contribution is 7.99. The molecule has 0 saturated carbocycles. The fourth-order valence-electron chi connectivity index (χ4n) is 3.24. The summed E-state index contributed by atoms with van der Waals surface area (Å²) < 4.78 is 1.61. The number of carboxylic acids is 1. The van der Waals surface area contributed by atoms with Crippen molar-refractivity contribution in [2.24, 2.45) is 0 Å². The van der Waals surface area contributed by atoms with Crippen molar-refractivity contribution in [1.29, 1.82) is 0 Å². The predicted molar refractivity (Wildman–Crippen MR) is 116 cm³/mol. The van der Waals surface area contributed by atoms with Crippen LogP contribution in [0, 0.1) is 0 Å². The molecule has 31 heavy (non-hydrogen) atoms. The van der Waals surface area contributed by atoms with Crippen LogP contribution in [0.2, 0.25) is 0 Å². The van der Waals surface area contributed by atoms with Gasteiger partial charge in [-0.05, 0) is 27.6 Å². The van der Waals surface area contributed by atoms with Gasteiger partial charge in [-0.25, -0.2) is 9.48 Å². The van der Waals surface area contributed by atoms with Crippen molar-refractivity contribution in [3.8, 4) is 0 Å². The van der Waals surface area contributed by atoms with Crippen LogP contribution in [-0.2, 0) is 22.6 Å². The Morgan fingerprint density at radius 3 is 2.71 bits per heavy atom. The van der Waals surface area contributed by atoms with E-state index in [0.717, 1.165) is 33.8 Å². The molecule has 4 aromatic rings. The predicted octanol–water partition coefficient (Wildman–Crippen LogP) is 2.11. The lowest BCUT2D eigenvalue weighted by Crippen LogP contribution is -2.43. The minimum atomic E-state index is -1.09. The van der Waals surface area contributed by atoms with Gasteiger partial charge in [0.1, 0.15) is 6.04 Å². The lowest BCUT2D eigenvalue weighted by molar-refractivity contribution is -0.141. The Hall–Kier alpha value is -3.66. The number of hydrogen-bond acceptors (Lipinski definition) is 6. The quantitative estimate of drug-likeness (QED) is 0.343. The Balaban J connectivity index is 1.36. The van der Waals surface area contributed by atoms with Gasteiger partial charge in [-0.3, -0.25) is 4.79 Å². The first kappa shape index (κ1) is 20.6. The van der Waals surface area contributed by atoms with Crippen LogP contribution < -0.4 is 5.32 Å². The molecule has 0 radical (unpaired) electrons. The van der Waals surface area contributed by atoms with E-state index in [0.29, 0.717) is 11.7 Å². The molecule has 4 rings (SSSR count). The number of aromatic amines is 1. The van der Waals surface area contributed by atoms with Crippen molar-refractivity contribution >= 4 is 34.5 Å². The van der Waals surface area contributed by atoms with Gasteiger partial charge in [0.25, 0.3) is 0 Å². The Morgan fingerprint density at radius 1 is 1.13 bits per heavy atom. The maximum absolute atomic E-state index is 12.4. The van der Waals surface area contributed by atoms with Crippen molar-refractivity contribution in [2.45, 2.75) is 24.2 Å². The minimum absolute atomic E-state index is 0.00677. The summed E-state index contributed by atoms with van der Waals surface area (Å²) in [5.41, 5.74) is 2.79. The number of aliphatic carboxylic acids is 1. The SMILES string of the molecule is O=C(CSc1nnnn1Cc1ccccc1)N[C@H](Cc1c[nH]c2ccccc12)C(=O)O. The van der Waals surface area contributed by atoms with Crippen molar-refractivity contribution in [2.75, 3.05) is 5.75 Å². The second-order valence-electron chi connectivity index (χ2n) is 6.92. The van der Waals surface area contributed by atoms with Gasteiger partial charge in [-0.1, -0.05) is 60.3 Å². The van der Waals surface area contributed by atoms with E-state index >= 15 is 0 Å². The van der Waals surface area contributed by atoms with E-state index in [1.165, 1.54) is 0 Å². The molecular formula is C21H20N6O3S. The number of carboxylic acid groups (broad SMARTS) is 1.